The van der Waals surface area contributed by atoms with Crippen LogP contribution in [0.2, 0.25) is 0 Å². The van der Waals surface area contributed by atoms with E-state index in [0.717, 1.165) is 10.4 Å². The Kier molecular flexibility index (Phi) is 6.90. The van der Waals surface area contributed by atoms with Crippen LogP contribution in [-0.4, -0.2) is 28.6 Å². The molecule has 2 rings (SSSR count). The minimum absolute atomic E-state index is 0.176. The van der Waals surface area contributed by atoms with E-state index in [2.05, 4.69) is 15.5 Å². The standard InChI is InChI=1S/C18H25N3O4S/c1-6-12-11(5)26-17(15(12)18(23)24-7-2)19-13(22)8-9-14-20-16(10(3)4)21-25-14/h10H,6-9H2,1-5H3,(H,19,22). The van der Waals surface area contributed by atoms with Gasteiger partial charge in [0.05, 0.1) is 12.2 Å². The van der Waals surface area contributed by atoms with E-state index >= 15 is 0 Å². The van der Waals surface area contributed by atoms with E-state index in [-0.39, 0.29) is 18.2 Å². The van der Waals surface area contributed by atoms with Gasteiger partial charge in [-0.3, -0.25) is 4.79 Å². The van der Waals surface area contributed by atoms with E-state index in [1.165, 1.54) is 11.3 Å². The summed E-state index contributed by atoms with van der Waals surface area (Å²) in [7, 11) is 0. The molecule has 0 radical (unpaired) electrons. The summed E-state index contributed by atoms with van der Waals surface area (Å²) in [5, 5.41) is 7.26. The Bertz CT molecular complexity index is 779. The highest BCUT2D eigenvalue weighted by molar-refractivity contribution is 7.16. The predicted molar refractivity (Wildman–Crippen MR) is 99.7 cm³/mol. The number of amides is 1. The van der Waals surface area contributed by atoms with Crippen LogP contribution in [0.25, 0.3) is 0 Å². The average Bonchev–Trinajstić information content (AvgIpc) is 3.17. The van der Waals surface area contributed by atoms with Crippen LogP contribution in [0.15, 0.2) is 4.52 Å². The van der Waals surface area contributed by atoms with Crippen molar-refractivity contribution in [2.75, 3.05) is 11.9 Å². The second-order valence-corrected chi connectivity index (χ2v) is 7.39. The summed E-state index contributed by atoms with van der Waals surface area (Å²) in [6.07, 6.45) is 1.25. The van der Waals surface area contributed by atoms with Crippen LogP contribution in [-0.2, 0) is 22.4 Å². The molecule has 2 heterocycles. The lowest BCUT2D eigenvalue weighted by molar-refractivity contribution is -0.116. The molecule has 0 saturated heterocycles. The fourth-order valence-corrected chi connectivity index (χ4v) is 3.67. The summed E-state index contributed by atoms with van der Waals surface area (Å²) >= 11 is 1.39. The molecule has 0 unspecified atom stereocenters. The molecule has 1 amide bonds. The average molecular weight is 379 g/mol. The smallest absolute Gasteiger partial charge is 0.341 e. The van der Waals surface area contributed by atoms with Crippen LogP contribution in [0, 0.1) is 6.92 Å². The molecule has 142 valence electrons. The van der Waals surface area contributed by atoms with Crippen molar-refractivity contribution in [3.05, 3.63) is 27.7 Å². The van der Waals surface area contributed by atoms with Gasteiger partial charge in [0.2, 0.25) is 11.8 Å². The SMILES string of the molecule is CCOC(=O)c1c(NC(=O)CCc2nc(C(C)C)no2)sc(C)c1CC. The van der Waals surface area contributed by atoms with Gasteiger partial charge in [0.25, 0.3) is 0 Å². The second-order valence-electron chi connectivity index (χ2n) is 6.16. The number of hydrogen-bond acceptors (Lipinski definition) is 7. The van der Waals surface area contributed by atoms with E-state index in [9.17, 15) is 9.59 Å². The highest BCUT2D eigenvalue weighted by Gasteiger charge is 2.23. The minimum Gasteiger partial charge on any atom is -0.462 e. The van der Waals surface area contributed by atoms with Crippen molar-refractivity contribution in [3.8, 4) is 0 Å². The Labute approximate surface area is 157 Å². The molecular weight excluding hydrogens is 354 g/mol. The number of aryl methyl sites for hydroxylation is 2. The summed E-state index contributed by atoms with van der Waals surface area (Å²) in [4.78, 5) is 29.9. The number of rotatable bonds is 8. The number of esters is 1. The maximum atomic E-state index is 12.3. The summed E-state index contributed by atoms with van der Waals surface area (Å²) in [6, 6.07) is 0. The quantitative estimate of drug-likeness (QED) is 0.700. The van der Waals surface area contributed by atoms with Crippen LogP contribution >= 0.6 is 11.3 Å². The van der Waals surface area contributed by atoms with Crippen molar-refractivity contribution < 1.29 is 18.8 Å². The first kappa shape index (κ1) is 20.1. The first-order valence-corrected chi connectivity index (χ1v) is 9.60. The maximum absolute atomic E-state index is 12.3. The topological polar surface area (TPSA) is 94.3 Å². The summed E-state index contributed by atoms with van der Waals surface area (Å²) in [6.45, 7) is 9.92. The van der Waals surface area contributed by atoms with Gasteiger partial charge in [-0.1, -0.05) is 25.9 Å². The van der Waals surface area contributed by atoms with Crippen molar-refractivity contribution in [1.82, 2.24) is 10.1 Å². The number of carbonyl (C=O) groups is 2. The Hall–Kier alpha value is -2.22. The van der Waals surface area contributed by atoms with E-state index in [0.29, 0.717) is 41.7 Å². The molecule has 8 heteroatoms. The maximum Gasteiger partial charge on any atom is 0.341 e. The van der Waals surface area contributed by atoms with Crippen molar-refractivity contribution in [2.45, 2.75) is 59.8 Å². The second kappa shape index (κ2) is 8.93. The Morgan fingerprint density at radius 2 is 2.04 bits per heavy atom. The third-order valence-corrected chi connectivity index (χ3v) is 4.92. The van der Waals surface area contributed by atoms with Gasteiger partial charge in [0, 0.05) is 23.6 Å². The number of anilines is 1. The van der Waals surface area contributed by atoms with Crippen molar-refractivity contribution in [3.63, 3.8) is 0 Å². The lowest BCUT2D eigenvalue weighted by Gasteiger charge is -2.07. The summed E-state index contributed by atoms with van der Waals surface area (Å²) < 4.78 is 10.3. The molecule has 0 fully saturated rings. The molecule has 0 atom stereocenters. The first-order valence-electron chi connectivity index (χ1n) is 8.79. The van der Waals surface area contributed by atoms with Gasteiger partial charge in [-0.2, -0.15) is 4.98 Å². The molecule has 0 spiro atoms. The van der Waals surface area contributed by atoms with Gasteiger partial charge in [0.1, 0.15) is 5.00 Å². The van der Waals surface area contributed by atoms with E-state index in [4.69, 9.17) is 9.26 Å². The molecule has 0 aliphatic carbocycles. The Balaban J connectivity index is 2.07. The fourth-order valence-electron chi connectivity index (χ4n) is 2.53. The Morgan fingerprint density at radius 3 is 2.62 bits per heavy atom. The van der Waals surface area contributed by atoms with Crippen LogP contribution in [0.1, 0.15) is 72.5 Å². The first-order chi connectivity index (χ1) is 12.4. The van der Waals surface area contributed by atoms with Gasteiger partial charge in [-0.05, 0) is 25.8 Å². The molecule has 0 aliphatic heterocycles. The van der Waals surface area contributed by atoms with Crippen LogP contribution in [0.5, 0.6) is 0 Å². The zero-order valence-electron chi connectivity index (χ0n) is 15.8. The molecule has 2 aromatic rings. The summed E-state index contributed by atoms with van der Waals surface area (Å²) in [5.41, 5.74) is 1.38. The van der Waals surface area contributed by atoms with Crippen LogP contribution in [0.4, 0.5) is 5.00 Å². The highest BCUT2D eigenvalue weighted by Crippen LogP contribution is 2.34. The third-order valence-electron chi connectivity index (χ3n) is 3.86. The molecule has 7 nitrogen and oxygen atoms in total. The molecule has 0 aliphatic rings. The zero-order valence-corrected chi connectivity index (χ0v) is 16.7. The lowest BCUT2D eigenvalue weighted by atomic mass is 10.1. The molecule has 0 bridgehead atoms. The number of ether oxygens (including phenoxy) is 1. The lowest BCUT2D eigenvalue weighted by Crippen LogP contribution is -2.15. The number of nitrogens with one attached hydrogen (secondary N) is 1. The van der Waals surface area contributed by atoms with Crippen LogP contribution < -0.4 is 5.32 Å². The molecule has 26 heavy (non-hydrogen) atoms. The summed E-state index contributed by atoms with van der Waals surface area (Å²) in [5.74, 6) is 0.638. The third kappa shape index (κ3) is 4.69. The minimum atomic E-state index is -0.400. The van der Waals surface area contributed by atoms with Gasteiger partial charge in [0.15, 0.2) is 5.82 Å². The largest absolute Gasteiger partial charge is 0.462 e. The predicted octanol–water partition coefficient (Wildman–Crippen LogP) is 3.87. The normalized spacial score (nSPS) is 11.0. The number of carbonyl (C=O) groups excluding carboxylic acids is 2. The highest BCUT2D eigenvalue weighted by atomic mass is 32.1. The number of thiophene rings is 1. The molecule has 2 aromatic heterocycles. The zero-order chi connectivity index (χ0) is 19.3. The fraction of sp³-hybridized carbons (Fsp3) is 0.556. The van der Waals surface area contributed by atoms with Gasteiger partial charge in [-0.15, -0.1) is 11.3 Å². The Morgan fingerprint density at radius 1 is 1.31 bits per heavy atom. The van der Waals surface area contributed by atoms with Gasteiger partial charge in [-0.25, -0.2) is 4.79 Å². The number of nitrogens with zero attached hydrogens (tertiary/aromatic N) is 2. The molecular formula is C18H25N3O4S. The van der Waals surface area contributed by atoms with E-state index in [1.807, 2.05) is 27.7 Å². The van der Waals surface area contributed by atoms with Crippen molar-refractivity contribution in [2.24, 2.45) is 0 Å². The van der Waals surface area contributed by atoms with E-state index < -0.39 is 5.97 Å². The van der Waals surface area contributed by atoms with Crippen molar-refractivity contribution >= 4 is 28.2 Å². The monoisotopic (exact) mass is 379 g/mol. The molecule has 1 N–H and O–H groups in total. The number of aromatic nitrogens is 2. The molecule has 0 aromatic carbocycles. The van der Waals surface area contributed by atoms with E-state index in [1.54, 1.807) is 6.92 Å². The van der Waals surface area contributed by atoms with Gasteiger partial charge < -0.3 is 14.6 Å². The van der Waals surface area contributed by atoms with Gasteiger partial charge >= 0.3 is 5.97 Å². The van der Waals surface area contributed by atoms with Crippen molar-refractivity contribution in [1.29, 1.82) is 0 Å². The van der Waals surface area contributed by atoms with Crippen LogP contribution in [0.3, 0.4) is 0 Å². The molecule has 0 saturated carbocycles. The number of hydrogen-bond donors (Lipinski definition) is 1.